The molecule has 0 bridgehead atoms. The summed E-state index contributed by atoms with van der Waals surface area (Å²) in [6.07, 6.45) is 5.96. The number of carbonyl (C=O) groups is 1. The summed E-state index contributed by atoms with van der Waals surface area (Å²) >= 11 is 0. The van der Waals surface area contributed by atoms with E-state index in [9.17, 15) is 4.79 Å². The molecule has 1 saturated heterocycles. The molecule has 124 valence electrons. The van der Waals surface area contributed by atoms with Crippen molar-refractivity contribution < 1.29 is 9.53 Å². The zero-order valence-corrected chi connectivity index (χ0v) is 13.8. The van der Waals surface area contributed by atoms with Crippen LogP contribution in [0.2, 0.25) is 0 Å². The predicted molar refractivity (Wildman–Crippen MR) is 91.6 cm³/mol. The summed E-state index contributed by atoms with van der Waals surface area (Å²) in [4.78, 5) is 16.4. The van der Waals surface area contributed by atoms with Gasteiger partial charge in [-0.3, -0.25) is 0 Å². The van der Waals surface area contributed by atoms with Crippen molar-refractivity contribution in [2.45, 2.75) is 13.3 Å². The van der Waals surface area contributed by atoms with E-state index >= 15 is 0 Å². The molecule has 0 radical (unpaired) electrons. The molecule has 1 aliphatic heterocycles. The topological polar surface area (TPSA) is 44.8 Å². The van der Waals surface area contributed by atoms with E-state index in [2.05, 4.69) is 23.1 Å². The summed E-state index contributed by atoms with van der Waals surface area (Å²) in [6, 6.07) is 7.84. The van der Waals surface area contributed by atoms with Gasteiger partial charge in [-0.2, -0.15) is 0 Å². The van der Waals surface area contributed by atoms with Gasteiger partial charge in [-0.15, -0.1) is 6.42 Å². The summed E-state index contributed by atoms with van der Waals surface area (Å²) in [5.41, 5.74) is 1.16. The summed E-state index contributed by atoms with van der Waals surface area (Å²) in [6.45, 7) is 7.65. The number of rotatable bonds is 6. The fourth-order valence-corrected chi connectivity index (χ4v) is 2.57. The number of ether oxygens (including phenoxy) is 1. The molecule has 0 aromatic heterocycles. The molecule has 5 nitrogen and oxygen atoms in total. The van der Waals surface area contributed by atoms with Crippen molar-refractivity contribution in [2.75, 3.05) is 45.9 Å². The molecule has 1 N–H and O–H groups in total. The summed E-state index contributed by atoms with van der Waals surface area (Å²) < 4.78 is 5.33. The van der Waals surface area contributed by atoms with Crippen LogP contribution in [-0.2, 0) is 6.42 Å². The first-order valence-electron chi connectivity index (χ1n) is 8.13. The second-order valence-corrected chi connectivity index (χ2v) is 5.54. The third-order valence-corrected chi connectivity index (χ3v) is 4.04. The van der Waals surface area contributed by atoms with Crippen LogP contribution in [0.4, 0.5) is 4.79 Å². The Morgan fingerprint density at radius 2 is 1.96 bits per heavy atom. The van der Waals surface area contributed by atoms with Crippen LogP contribution in [0.5, 0.6) is 5.75 Å². The molecule has 2 amide bonds. The van der Waals surface area contributed by atoms with E-state index in [4.69, 9.17) is 11.2 Å². The minimum absolute atomic E-state index is 0.0368. The maximum atomic E-state index is 12.1. The van der Waals surface area contributed by atoms with Crippen molar-refractivity contribution in [3.8, 4) is 18.1 Å². The van der Waals surface area contributed by atoms with Crippen molar-refractivity contribution in [1.82, 2.24) is 15.1 Å². The Hall–Kier alpha value is -2.19. The number of benzene rings is 1. The smallest absolute Gasteiger partial charge is 0.317 e. The van der Waals surface area contributed by atoms with Crippen molar-refractivity contribution in [2.24, 2.45) is 0 Å². The van der Waals surface area contributed by atoms with Crippen LogP contribution in [-0.4, -0.2) is 61.7 Å². The van der Waals surface area contributed by atoms with Gasteiger partial charge in [-0.25, -0.2) is 4.79 Å². The molecular weight excluding hydrogens is 290 g/mol. The van der Waals surface area contributed by atoms with Gasteiger partial charge in [0.1, 0.15) is 12.4 Å². The molecule has 2 rings (SSSR count). The number of piperazine rings is 1. The van der Waals surface area contributed by atoms with Crippen LogP contribution in [0, 0.1) is 12.3 Å². The Balaban J connectivity index is 1.68. The van der Waals surface area contributed by atoms with Gasteiger partial charge in [0.05, 0.1) is 0 Å². The van der Waals surface area contributed by atoms with Crippen LogP contribution in [0.1, 0.15) is 12.5 Å². The fraction of sp³-hybridized carbons (Fsp3) is 0.500. The lowest BCUT2D eigenvalue weighted by Gasteiger charge is -2.34. The van der Waals surface area contributed by atoms with Gasteiger partial charge in [-0.05, 0) is 30.7 Å². The van der Waals surface area contributed by atoms with Crippen LogP contribution < -0.4 is 10.1 Å². The van der Waals surface area contributed by atoms with E-state index in [-0.39, 0.29) is 12.6 Å². The van der Waals surface area contributed by atoms with Crippen molar-refractivity contribution in [3.63, 3.8) is 0 Å². The van der Waals surface area contributed by atoms with Crippen LogP contribution in [0.15, 0.2) is 24.3 Å². The number of urea groups is 1. The van der Waals surface area contributed by atoms with Crippen LogP contribution >= 0.6 is 0 Å². The van der Waals surface area contributed by atoms with Gasteiger partial charge in [0.15, 0.2) is 0 Å². The number of hydrogen-bond acceptors (Lipinski definition) is 3. The summed E-state index contributed by atoms with van der Waals surface area (Å²) in [5, 5.41) is 2.99. The highest BCUT2D eigenvalue weighted by Crippen LogP contribution is 2.12. The van der Waals surface area contributed by atoms with Gasteiger partial charge >= 0.3 is 6.03 Å². The average Bonchev–Trinajstić information content (AvgIpc) is 2.61. The predicted octanol–water partition coefficient (Wildman–Crippen LogP) is 1.59. The lowest BCUT2D eigenvalue weighted by molar-refractivity contribution is 0.143. The van der Waals surface area contributed by atoms with E-state index in [0.717, 1.165) is 50.5 Å². The lowest BCUT2D eigenvalue weighted by Crippen LogP contribution is -2.51. The first-order valence-corrected chi connectivity index (χ1v) is 8.13. The number of nitrogens with one attached hydrogen (secondary N) is 1. The molecular formula is C18H25N3O2. The molecule has 23 heavy (non-hydrogen) atoms. The monoisotopic (exact) mass is 315 g/mol. The molecule has 0 atom stereocenters. The van der Waals surface area contributed by atoms with Gasteiger partial charge in [0.25, 0.3) is 0 Å². The third kappa shape index (κ3) is 5.50. The average molecular weight is 315 g/mol. The van der Waals surface area contributed by atoms with Crippen molar-refractivity contribution in [1.29, 1.82) is 0 Å². The van der Waals surface area contributed by atoms with E-state index in [0.29, 0.717) is 6.54 Å². The Labute approximate surface area is 138 Å². The molecule has 1 heterocycles. The molecule has 0 saturated carbocycles. The zero-order chi connectivity index (χ0) is 16.5. The first-order chi connectivity index (χ1) is 11.2. The number of nitrogens with zero attached hydrogens (tertiary/aromatic N) is 2. The number of likely N-dealkylation sites (N-methyl/N-ethyl adjacent to an activating group) is 1. The van der Waals surface area contributed by atoms with Gasteiger partial charge in [0.2, 0.25) is 0 Å². The maximum Gasteiger partial charge on any atom is 0.317 e. The molecule has 1 aromatic carbocycles. The van der Waals surface area contributed by atoms with Crippen LogP contribution in [0.25, 0.3) is 0 Å². The molecule has 5 heteroatoms. The van der Waals surface area contributed by atoms with Crippen LogP contribution in [0.3, 0.4) is 0 Å². The maximum absolute atomic E-state index is 12.1. The summed E-state index contributed by atoms with van der Waals surface area (Å²) in [5.74, 6) is 3.21. The Kier molecular flexibility index (Phi) is 6.76. The second-order valence-electron chi connectivity index (χ2n) is 5.54. The normalized spacial score (nSPS) is 15.0. The SMILES string of the molecule is C#CCOc1ccc(CCNC(=O)N2CCN(CC)CC2)cc1. The summed E-state index contributed by atoms with van der Waals surface area (Å²) in [7, 11) is 0. The quantitative estimate of drug-likeness (QED) is 0.811. The molecule has 0 unspecified atom stereocenters. The van der Waals surface area contributed by atoms with E-state index < -0.39 is 0 Å². The minimum atomic E-state index is 0.0368. The van der Waals surface area contributed by atoms with Crippen molar-refractivity contribution in [3.05, 3.63) is 29.8 Å². The van der Waals surface area contributed by atoms with Crippen molar-refractivity contribution >= 4 is 6.03 Å². The van der Waals surface area contributed by atoms with Gasteiger partial charge < -0.3 is 19.9 Å². The molecule has 1 fully saturated rings. The Morgan fingerprint density at radius 3 is 2.57 bits per heavy atom. The standard InChI is InChI=1S/C18H25N3O2/c1-3-15-23-17-7-5-16(6-8-17)9-10-19-18(22)21-13-11-20(4-2)12-14-21/h1,5-8H,4,9-15H2,2H3,(H,19,22). The van der Waals surface area contributed by atoms with Gasteiger partial charge in [0, 0.05) is 32.7 Å². The highest BCUT2D eigenvalue weighted by molar-refractivity contribution is 5.74. The number of amides is 2. The third-order valence-electron chi connectivity index (χ3n) is 4.04. The molecule has 0 spiro atoms. The fourth-order valence-electron chi connectivity index (χ4n) is 2.57. The largest absolute Gasteiger partial charge is 0.481 e. The lowest BCUT2D eigenvalue weighted by atomic mass is 10.1. The molecule has 1 aliphatic rings. The Bertz CT molecular complexity index is 528. The van der Waals surface area contributed by atoms with E-state index in [1.807, 2.05) is 29.2 Å². The van der Waals surface area contributed by atoms with Gasteiger partial charge in [-0.1, -0.05) is 25.0 Å². The Morgan fingerprint density at radius 1 is 1.26 bits per heavy atom. The second kappa shape index (κ2) is 9.06. The first kappa shape index (κ1) is 17.2. The number of terminal acetylenes is 1. The highest BCUT2D eigenvalue weighted by atomic mass is 16.5. The molecule has 1 aromatic rings. The van der Waals surface area contributed by atoms with E-state index in [1.165, 1.54) is 0 Å². The minimum Gasteiger partial charge on any atom is -0.481 e. The number of hydrogen-bond donors (Lipinski definition) is 1. The highest BCUT2D eigenvalue weighted by Gasteiger charge is 2.19. The molecule has 0 aliphatic carbocycles. The zero-order valence-electron chi connectivity index (χ0n) is 13.8. The number of carbonyl (C=O) groups excluding carboxylic acids is 1. The van der Waals surface area contributed by atoms with E-state index in [1.54, 1.807) is 0 Å².